The predicted octanol–water partition coefficient (Wildman–Crippen LogP) is 3.47. The van der Waals surface area contributed by atoms with Crippen molar-refractivity contribution in [1.82, 2.24) is 10.6 Å². The molecule has 0 aliphatic carbocycles. The number of hydrogen-bond acceptors (Lipinski definition) is 5. The predicted molar refractivity (Wildman–Crippen MR) is 110 cm³/mol. The third kappa shape index (κ3) is 6.73. The van der Waals surface area contributed by atoms with Gasteiger partial charge in [0, 0.05) is 30.9 Å². The standard InChI is InChI=1S/C21H21ClFN3O3/c1-25-20(18(22)12-24)15-9-16(11-17(23)10-15)21(28)26-8-7-19(27)29-13-14-5-3-2-4-6-14/h2-6,9-12,24-25H,7-8,13H2,1H3,(H,26,28)/b20-18+,24-12?. The van der Waals surface area contributed by atoms with Crippen LogP contribution in [0.5, 0.6) is 0 Å². The van der Waals surface area contributed by atoms with Gasteiger partial charge in [0.25, 0.3) is 5.91 Å². The minimum absolute atomic E-state index is 0.0119. The summed E-state index contributed by atoms with van der Waals surface area (Å²) in [7, 11) is 1.58. The summed E-state index contributed by atoms with van der Waals surface area (Å²) in [4.78, 5) is 24.1. The van der Waals surface area contributed by atoms with Crippen molar-refractivity contribution in [3.05, 3.63) is 76.1 Å². The van der Waals surface area contributed by atoms with E-state index in [4.69, 9.17) is 21.7 Å². The van der Waals surface area contributed by atoms with Crippen LogP contribution in [0.4, 0.5) is 4.39 Å². The molecule has 6 nitrogen and oxygen atoms in total. The topological polar surface area (TPSA) is 91.3 Å². The molecule has 3 N–H and O–H groups in total. The van der Waals surface area contributed by atoms with E-state index in [9.17, 15) is 14.0 Å². The first-order valence-electron chi connectivity index (χ1n) is 8.81. The number of rotatable bonds is 9. The van der Waals surface area contributed by atoms with Crippen molar-refractivity contribution in [1.29, 1.82) is 5.41 Å². The largest absolute Gasteiger partial charge is 0.461 e. The number of hydrogen-bond donors (Lipinski definition) is 3. The van der Waals surface area contributed by atoms with Crippen LogP contribution in [-0.2, 0) is 16.1 Å². The molecule has 8 heteroatoms. The van der Waals surface area contributed by atoms with E-state index < -0.39 is 17.7 Å². The van der Waals surface area contributed by atoms with Crippen LogP contribution in [0.15, 0.2) is 53.6 Å². The summed E-state index contributed by atoms with van der Waals surface area (Å²) >= 11 is 5.94. The number of carbonyl (C=O) groups is 2. The Kier molecular flexibility index (Phi) is 8.36. The summed E-state index contributed by atoms with van der Waals surface area (Å²) < 4.78 is 19.1. The molecule has 0 fully saturated rings. The van der Waals surface area contributed by atoms with Crippen LogP contribution in [-0.4, -0.2) is 31.7 Å². The molecule has 29 heavy (non-hydrogen) atoms. The molecule has 0 heterocycles. The molecular formula is C21H21ClFN3O3. The Morgan fingerprint density at radius 1 is 1.17 bits per heavy atom. The Hall–Kier alpha value is -3.19. The first-order chi connectivity index (χ1) is 13.9. The SMILES string of the molecule is CN/C(=C(/Cl)C=N)c1cc(F)cc(C(=O)NCCC(=O)OCc2ccccc2)c1. The van der Waals surface area contributed by atoms with Crippen LogP contribution in [0.1, 0.15) is 27.9 Å². The summed E-state index contributed by atoms with van der Waals surface area (Å²) in [5.41, 5.74) is 1.59. The van der Waals surface area contributed by atoms with Gasteiger partial charge in [-0.2, -0.15) is 0 Å². The highest BCUT2D eigenvalue weighted by Gasteiger charge is 2.13. The second-order valence-corrected chi connectivity index (χ2v) is 6.41. The van der Waals surface area contributed by atoms with Crippen LogP contribution in [0, 0.1) is 11.2 Å². The van der Waals surface area contributed by atoms with E-state index in [1.165, 1.54) is 12.1 Å². The molecule has 2 aromatic rings. The fourth-order valence-corrected chi connectivity index (χ4v) is 2.73. The fraction of sp³-hybridized carbons (Fsp3) is 0.190. The molecule has 0 aliphatic heterocycles. The average Bonchev–Trinajstić information content (AvgIpc) is 2.73. The smallest absolute Gasteiger partial charge is 0.307 e. The molecule has 0 aromatic heterocycles. The molecule has 0 spiro atoms. The second kappa shape index (κ2) is 11.0. The lowest BCUT2D eigenvalue weighted by Crippen LogP contribution is -2.26. The van der Waals surface area contributed by atoms with Crippen LogP contribution >= 0.6 is 11.6 Å². The third-order valence-corrected chi connectivity index (χ3v) is 4.22. The Labute approximate surface area is 173 Å². The van der Waals surface area contributed by atoms with Crippen molar-refractivity contribution in [2.24, 2.45) is 0 Å². The van der Waals surface area contributed by atoms with Gasteiger partial charge in [-0.05, 0) is 23.8 Å². The maximum Gasteiger partial charge on any atom is 0.307 e. The summed E-state index contributed by atoms with van der Waals surface area (Å²) in [5, 5.41) is 12.7. The molecule has 0 saturated carbocycles. The maximum absolute atomic E-state index is 14.0. The average molecular weight is 418 g/mol. The van der Waals surface area contributed by atoms with Crippen LogP contribution < -0.4 is 10.6 Å². The molecule has 2 rings (SSSR count). The quantitative estimate of drug-likeness (QED) is 0.430. The van der Waals surface area contributed by atoms with Crippen molar-refractivity contribution < 1.29 is 18.7 Å². The Bertz CT molecular complexity index is 917. The van der Waals surface area contributed by atoms with Gasteiger partial charge in [-0.3, -0.25) is 9.59 Å². The monoisotopic (exact) mass is 417 g/mol. The highest BCUT2D eigenvalue weighted by molar-refractivity contribution is 6.42. The van der Waals surface area contributed by atoms with E-state index in [-0.39, 0.29) is 30.2 Å². The fourth-order valence-electron chi connectivity index (χ4n) is 2.53. The minimum atomic E-state index is -0.628. The van der Waals surface area contributed by atoms with E-state index in [2.05, 4.69) is 10.6 Å². The molecule has 0 bridgehead atoms. The van der Waals surface area contributed by atoms with Gasteiger partial charge in [-0.15, -0.1) is 0 Å². The van der Waals surface area contributed by atoms with E-state index in [1.807, 2.05) is 30.3 Å². The molecule has 1 amide bonds. The molecule has 0 radical (unpaired) electrons. The normalized spacial score (nSPS) is 11.3. The number of allylic oxidation sites excluding steroid dienone is 1. The van der Waals surface area contributed by atoms with Gasteiger partial charge < -0.3 is 20.8 Å². The van der Waals surface area contributed by atoms with Crippen LogP contribution in [0.3, 0.4) is 0 Å². The van der Waals surface area contributed by atoms with E-state index in [0.29, 0.717) is 11.3 Å². The number of nitrogens with one attached hydrogen (secondary N) is 3. The van der Waals surface area contributed by atoms with Gasteiger partial charge in [0.1, 0.15) is 12.4 Å². The van der Waals surface area contributed by atoms with Crippen LogP contribution in [0.2, 0.25) is 0 Å². The van der Waals surface area contributed by atoms with Gasteiger partial charge in [-0.1, -0.05) is 41.9 Å². The highest BCUT2D eigenvalue weighted by atomic mass is 35.5. The van der Waals surface area contributed by atoms with E-state index in [0.717, 1.165) is 17.8 Å². The Morgan fingerprint density at radius 3 is 2.52 bits per heavy atom. The third-order valence-electron chi connectivity index (χ3n) is 3.92. The van der Waals surface area contributed by atoms with Gasteiger partial charge >= 0.3 is 5.97 Å². The lowest BCUT2D eigenvalue weighted by molar-refractivity contribution is -0.144. The molecule has 0 atom stereocenters. The van der Waals surface area contributed by atoms with Gasteiger partial charge in [-0.25, -0.2) is 4.39 Å². The molecule has 0 unspecified atom stereocenters. The molecule has 0 aliphatic rings. The van der Waals surface area contributed by atoms with Crippen molar-refractivity contribution >= 4 is 35.4 Å². The number of amides is 1. The lowest BCUT2D eigenvalue weighted by Gasteiger charge is -2.11. The first kappa shape index (κ1) is 22.1. The van der Waals surface area contributed by atoms with E-state index >= 15 is 0 Å². The minimum Gasteiger partial charge on any atom is -0.461 e. The number of halogens is 2. The summed E-state index contributed by atoms with van der Waals surface area (Å²) in [6.07, 6.45) is 0.904. The van der Waals surface area contributed by atoms with Gasteiger partial charge in [0.05, 0.1) is 17.2 Å². The van der Waals surface area contributed by atoms with Crippen LogP contribution in [0.25, 0.3) is 5.70 Å². The number of carbonyl (C=O) groups excluding carboxylic acids is 2. The van der Waals surface area contributed by atoms with Crippen molar-refractivity contribution in [2.75, 3.05) is 13.6 Å². The molecule has 2 aromatic carbocycles. The van der Waals surface area contributed by atoms with Gasteiger partial charge in [0.15, 0.2) is 0 Å². The molecule has 0 saturated heterocycles. The zero-order valence-corrected chi connectivity index (χ0v) is 16.6. The zero-order chi connectivity index (χ0) is 21.2. The van der Waals surface area contributed by atoms with Crippen molar-refractivity contribution in [3.63, 3.8) is 0 Å². The zero-order valence-electron chi connectivity index (χ0n) is 15.8. The highest BCUT2D eigenvalue weighted by Crippen LogP contribution is 2.20. The summed E-state index contributed by atoms with van der Waals surface area (Å²) in [5.74, 6) is -1.62. The summed E-state index contributed by atoms with van der Waals surface area (Å²) in [6.45, 7) is 0.210. The Balaban J connectivity index is 1.93. The molecular weight excluding hydrogens is 397 g/mol. The number of benzene rings is 2. The first-order valence-corrected chi connectivity index (χ1v) is 9.19. The van der Waals surface area contributed by atoms with E-state index in [1.54, 1.807) is 7.05 Å². The van der Waals surface area contributed by atoms with Crippen molar-refractivity contribution in [2.45, 2.75) is 13.0 Å². The lowest BCUT2D eigenvalue weighted by atomic mass is 10.1. The maximum atomic E-state index is 14.0. The van der Waals surface area contributed by atoms with Gasteiger partial charge in [0.2, 0.25) is 0 Å². The summed E-state index contributed by atoms with van der Waals surface area (Å²) in [6, 6.07) is 13.0. The number of esters is 1. The van der Waals surface area contributed by atoms with Crippen molar-refractivity contribution in [3.8, 4) is 0 Å². The molecule has 152 valence electrons. The Morgan fingerprint density at radius 2 is 1.86 bits per heavy atom. The number of ether oxygens (including phenoxy) is 1. The second-order valence-electron chi connectivity index (χ2n) is 6.00.